The molecule has 32 heavy (non-hydrogen) atoms. The minimum absolute atomic E-state index is 0.222. The number of carboxylic acids is 1. The summed E-state index contributed by atoms with van der Waals surface area (Å²) in [4.78, 5) is 31.6. The molecule has 0 spiro atoms. The second kappa shape index (κ2) is 7.39. The summed E-state index contributed by atoms with van der Waals surface area (Å²) in [6.07, 6.45) is 3.35. The maximum atomic E-state index is 12.7. The molecule has 2 aromatic carbocycles. The van der Waals surface area contributed by atoms with Crippen molar-refractivity contribution in [1.29, 1.82) is 0 Å². The fourth-order valence-corrected chi connectivity index (χ4v) is 3.99. The van der Waals surface area contributed by atoms with Crippen LogP contribution in [0.5, 0.6) is 0 Å². The van der Waals surface area contributed by atoms with Crippen LogP contribution in [0.25, 0.3) is 34.4 Å². The number of carbonyl (C=O) groups excluding carboxylic acids is 1. The number of carboxylic acid groups (broad SMARTS) is 1. The van der Waals surface area contributed by atoms with Gasteiger partial charge in [0.2, 0.25) is 5.89 Å². The van der Waals surface area contributed by atoms with E-state index in [0.717, 1.165) is 11.1 Å². The van der Waals surface area contributed by atoms with Crippen LogP contribution in [0, 0.1) is 13.8 Å². The highest BCUT2D eigenvalue weighted by atomic mass is 16.4. The number of aromatic carboxylic acids is 1. The van der Waals surface area contributed by atoms with Gasteiger partial charge in [0.1, 0.15) is 0 Å². The quantitative estimate of drug-likeness (QED) is 0.392. The zero-order valence-corrected chi connectivity index (χ0v) is 17.4. The van der Waals surface area contributed by atoms with Gasteiger partial charge >= 0.3 is 5.97 Å². The number of nitrogens with zero attached hydrogens (tertiary/aromatic N) is 1. The molecule has 1 aliphatic rings. The molecular weight excluding hydrogens is 406 g/mol. The van der Waals surface area contributed by atoms with Gasteiger partial charge in [-0.3, -0.25) is 4.79 Å². The smallest absolute Gasteiger partial charge is 0.337 e. The predicted molar refractivity (Wildman–Crippen MR) is 121 cm³/mol. The van der Waals surface area contributed by atoms with E-state index >= 15 is 0 Å². The Balaban J connectivity index is 1.55. The molecule has 1 aliphatic heterocycles. The van der Waals surface area contributed by atoms with E-state index < -0.39 is 5.97 Å². The van der Waals surface area contributed by atoms with Gasteiger partial charge in [-0.25, -0.2) is 9.78 Å². The Morgan fingerprint density at radius 1 is 1.09 bits per heavy atom. The molecule has 0 bridgehead atoms. The number of carbonyl (C=O) groups is 2. The maximum absolute atomic E-state index is 12.7. The molecule has 0 unspecified atom stereocenters. The van der Waals surface area contributed by atoms with Gasteiger partial charge in [0.15, 0.2) is 5.76 Å². The lowest BCUT2D eigenvalue weighted by molar-refractivity contribution is -0.110. The summed E-state index contributed by atoms with van der Waals surface area (Å²) in [5, 5.41) is 12.3. The van der Waals surface area contributed by atoms with Crippen LogP contribution >= 0.6 is 0 Å². The molecule has 7 heteroatoms. The van der Waals surface area contributed by atoms with Gasteiger partial charge < -0.3 is 19.8 Å². The average molecular weight is 425 g/mol. The predicted octanol–water partition coefficient (Wildman–Crippen LogP) is 5.14. The van der Waals surface area contributed by atoms with Crippen molar-refractivity contribution in [3.8, 4) is 22.8 Å². The molecule has 5 rings (SSSR count). The number of aromatic amines is 1. The number of fused-ring (bicyclic) bond motifs is 1. The number of amides is 1. The minimum Gasteiger partial charge on any atom is -0.478 e. The van der Waals surface area contributed by atoms with Crippen LogP contribution in [0.2, 0.25) is 0 Å². The second-order valence-electron chi connectivity index (χ2n) is 7.64. The maximum Gasteiger partial charge on any atom is 0.337 e. The average Bonchev–Trinajstić information content (AvgIpc) is 3.45. The van der Waals surface area contributed by atoms with E-state index in [1.165, 1.54) is 0 Å². The third-order valence-corrected chi connectivity index (χ3v) is 5.59. The Morgan fingerprint density at radius 2 is 1.88 bits per heavy atom. The highest BCUT2D eigenvalue weighted by Crippen LogP contribution is 2.37. The van der Waals surface area contributed by atoms with Gasteiger partial charge in [-0.05, 0) is 55.8 Å². The van der Waals surface area contributed by atoms with Crippen molar-refractivity contribution >= 4 is 29.2 Å². The molecule has 0 atom stereocenters. The Kier molecular flexibility index (Phi) is 4.52. The van der Waals surface area contributed by atoms with Crippen molar-refractivity contribution in [2.24, 2.45) is 0 Å². The molecule has 0 fully saturated rings. The lowest BCUT2D eigenvalue weighted by atomic mass is 10.0. The molecule has 3 heterocycles. The van der Waals surface area contributed by atoms with Crippen molar-refractivity contribution in [1.82, 2.24) is 9.97 Å². The highest BCUT2D eigenvalue weighted by Gasteiger charge is 2.26. The largest absolute Gasteiger partial charge is 0.478 e. The monoisotopic (exact) mass is 425 g/mol. The lowest BCUT2D eigenvalue weighted by Gasteiger charge is -2.03. The van der Waals surface area contributed by atoms with Crippen molar-refractivity contribution in [3.05, 3.63) is 82.8 Å². The first kappa shape index (κ1) is 19.6. The standard InChI is InChI=1S/C25H19N3O4/c1-13-20(27-14(2)22(13)25(30)31)11-18-17-10-16(8-9-19(17)28-23(18)29)21-12-26-24(32-21)15-6-4-3-5-7-15/h3-12,27H,1-2H3,(H,28,29)(H,30,31)/b18-11-. The zero-order valence-electron chi connectivity index (χ0n) is 17.4. The second-order valence-corrected chi connectivity index (χ2v) is 7.64. The molecular formula is C25H19N3O4. The van der Waals surface area contributed by atoms with Crippen LogP contribution < -0.4 is 5.32 Å². The van der Waals surface area contributed by atoms with Crippen molar-refractivity contribution in [2.75, 3.05) is 5.32 Å². The van der Waals surface area contributed by atoms with E-state index in [4.69, 9.17) is 4.42 Å². The minimum atomic E-state index is -1.00. The number of aryl methyl sites for hydroxylation is 1. The molecule has 0 radical (unpaired) electrons. The van der Waals surface area contributed by atoms with E-state index in [0.29, 0.717) is 45.4 Å². The third kappa shape index (κ3) is 3.20. The van der Waals surface area contributed by atoms with Gasteiger partial charge in [-0.1, -0.05) is 18.2 Å². The molecule has 158 valence electrons. The Bertz CT molecular complexity index is 1410. The van der Waals surface area contributed by atoms with E-state index in [9.17, 15) is 14.7 Å². The molecule has 7 nitrogen and oxygen atoms in total. The van der Waals surface area contributed by atoms with Crippen LogP contribution in [-0.2, 0) is 4.79 Å². The molecule has 4 aromatic rings. The number of aromatic nitrogens is 2. The number of rotatable bonds is 4. The summed E-state index contributed by atoms with van der Waals surface area (Å²) < 4.78 is 5.95. The van der Waals surface area contributed by atoms with Crippen LogP contribution in [0.15, 0.2) is 59.1 Å². The van der Waals surface area contributed by atoms with Gasteiger partial charge in [0, 0.05) is 33.8 Å². The third-order valence-electron chi connectivity index (χ3n) is 5.59. The molecule has 2 aromatic heterocycles. The number of oxazole rings is 1. The molecule has 1 amide bonds. The Morgan fingerprint density at radius 3 is 2.59 bits per heavy atom. The molecule has 3 N–H and O–H groups in total. The lowest BCUT2D eigenvalue weighted by Crippen LogP contribution is -2.03. The summed E-state index contributed by atoms with van der Waals surface area (Å²) in [5.74, 6) is -0.141. The SMILES string of the molecule is Cc1[nH]c(/C=C2\C(=O)Nc3ccc(-c4cnc(-c5ccccc5)o4)cc32)c(C)c1C(=O)O. The number of hydrogen-bond donors (Lipinski definition) is 3. The van der Waals surface area contributed by atoms with E-state index in [1.807, 2.05) is 48.5 Å². The van der Waals surface area contributed by atoms with Gasteiger partial charge in [-0.2, -0.15) is 0 Å². The summed E-state index contributed by atoms with van der Waals surface area (Å²) in [5.41, 5.74) is 5.46. The first-order valence-electron chi connectivity index (χ1n) is 10.0. The summed E-state index contributed by atoms with van der Waals surface area (Å²) in [7, 11) is 0. The summed E-state index contributed by atoms with van der Waals surface area (Å²) >= 11 is 0. The topological polar surface area (TPSA) is 108 Å². The van der Waals surface area contributed by atoms with Crippen LogP contribution in [0.4, 0.5) is 5.69 Å². The van der Waals surface area contributed by atoms with E-state index in [-0.39, 0.29) is 11.5 Å². The number of nitrogens with one attached hydrogen (secondary N) is 2. The van der Waals surface area contributed by atoms with Gasteiger partial charge in [0.25, 0.3) is 5.91 Å². The van der Waals surface area contributed by atoms with Gasteiger partial charge in [0.05, 0.1) is 17.3 Å². The van der Waals surface area contributed by atoms with E-state index in [1.54, 1.807) is 26.1 Å². The number of hydrogen-bond acceptors (Lipinski definition) is 4. The summed E-state index contributed by atoms with van der Waals surface area (Å²) in [6.45, 7) is 3.43. The highest BCUT2D eigenvalue weighted by molar-refractivity contribution is 6.35. The van der Waals surface area contributed by atoms with E-state index in [2.05, 4.69) is 15.3 Å². The number of H-pyrrole nitrogens is 1. The molecule has 0 saturated heterocycles. The van der Waals surface area contributed by atoms with Crippen molar-refractivity contribution in [2.45, 2.75) is 13.8 Å². The number of benzene rings is 2. The Hall–Kier alpha value is -4.39. The van der Waals surface area contributed by atoms with Gasteiger partial charge in [-0.15, -0.1) is 0 Å². The van der Waals surface area contributed by atoms with Crippen LogP contribution in [0.1, 0.15) is 32.9 Å². The molecule has 0 saturated carbocycles. The summed E-state index contributed by atoms with van der Waals surface area (Å²) in [6, 6.07) is 15.2. The normalized spacial score (nSPS) is 13.9. The number of anilines is 1. The van der Waals surface area contributed by atoms with Crippen LogP contribution in [-0.4, -0.2) is 27.0 Å². The van der Waals surface area contributed by atoms with Crippen LogP contribution in [0.3, 0.4) is 0 Å². The zero-order chi connectivity index (χ0) is 22.4. The fraction of sp³-hybridized carbons (Fsp3) is 0.0800. The first-order chi connectivity index (χ1) is 15.4. The first-order valence-corrected chi connectivity index (χ1v) is 10.0. The molecule has 0 aliphatic carbocycles. The Labute approximate surface area is 183 Å². The van der Waals surface area contributed by atoms with Crippen molar-refractivity contribution < 1.29 is 19.1 Å². The fourth-order valence-electron chi connectivity index (χ4n) is 3.99. The van der Waals surface area contributed by atoms with Crippen molar-refractivity contribution in [3.63, 3.8) is 0 Å².